The van der Waals surface area contributed by atoms with Crippen molar-refractivity contribution in [3.05, 3.63) is 17.8 Å². The van der Waals surface area contributed by atoms with E-state index < -0.39 is 0 Å². The quantitative estimate of drug-likeness (QED) is 0.919. The highest BCUT2D eigenvalue weighted by Gasteiger charge is 2.36. The van der Waals surface area contributed by atoms with Gasteiger partial charge in [-0.3, -0.25) is 4.79 Å². The topological polar surface area (TPSA) is 58.1 Å². The molecule has 20 heavy (non-hydrogen) atoms. The van der Waals surface area contributed by atoms with Crippen molar-refractivity contribution in [2.75, 3.05) is 18.9 Å². The average Bonchev–Trinajstić information content (AvgIpc) is 3.16. The molecule has 2 aliphatic rings. The highest BCUT2D eigenvalue weighted by molar-refractivity contribution is 5.92. The zero-order valence-corrected chi connectivity index (χ0v) is 12.0. The number of carbonyl (C=O) groups is 1. The lowest BCUT2D eigenvalue weighted by molar-refractivity contribution is 0.0682. The summed E-state index contributed by atoms with van der Waals surface area (Å²) in [6, 6.07) is 4.00. The van der Waals surface area contributed by atoms with Crippen molar-refractivity contribution in [3.8, 4) is 0 Å². The second-order valence-electron chi connectivity index (χ2n) is 5.81. The van der Waals surface area contributed by atoms with Gasteiger partial charge in [0.15, 0.2) is 5.69 Å². The number of likely N-dealkylation sites (tertiary alicyclic amines) is 1. The van der Waals surface area contributed by atoms with Crippen LogP contribution >= 0.6 is 0 Å². The molecule has 1 saturated carbocycles. The van der Waals surface area contributed by atoms with Crippen molar-refractivity contribution in [1.82, 2.24) is 15.1 Å². The molecule has 2 fully saturated rings. The Morgan fingerprint density at radius 2 is 2.00 bits per heavy atom. The first kappa shape index (κ1) is 13.3. The zero-order valence-electron chi connectivity index (χ0n) is 12.0. The van der Waals surface area contributed by atoms with Crippen molar-refractivity contribution in [3.63, 3.8) is 0 Å². The largest absolute Gasteiger partial charge is 0.372 e. The first-order valence-electron chi connectivity index (χ1n) is 7.62. The summed E-state index contributed by atoms with van der Waals surface area (Å²) in [6.45, 7) is 0.870. The minimum atomic E-state index is 0.0505. The van der Waals surface area contributed by atoms with Crippen LogP contribution in [0.15, 0.2) is 12.1 Å². The van der Waals surface area contributed by atoms with Gasteiger partial charge in [-0.2, -0.15) is 0 Å². The fourth-order valence-electron chi connectivity index (χ4n) is 3.60. The Kier molecular flexibility index (Phi) is 3.85. The van der Waals surface area contributed by atoms with E-state index in [0.29, 0.717) is 23.5 Å². The monoisotopic (exact) mass is 274 g/mol. The zero-order chi connectivity index (χ0) is 13.9. The van der Waals surface area contributed by atoms with Crippen LogP contribution in [0.1, 0.15) is 49.0 Å². The van der Waals surface area contributed by atoms with Gasteiger partial charge in [-0.05, 0) is 43.7 Å². The average molecular weight is 274 g/mol. The number of carbonyl (C=O) groups excluding carboxylic acids is 1. The maximum atomic E-state index is 12.6. The van der Waals surface area contributed by atoms with Gasteiger partial charge in [-0.15, -0.1) is 10.2 Å². The van der Waals surface area contributed by atoms with E-state index in [9.17, 15) is 4.79 Å². The van der Waals surface area contributed by atoms with Crippen molar-refractivity contribution < 1.29 is 4.79 Å². The molecule has 1 aliphatic heterocycles. The molecular formula is C15H22N4O. The predicted molar refractivity (Wildman–Crippen MR) is 77.6 cm³/mol. The molecule has 1 atom stereocenters. The highest BCUT2D eigenvalue weighted by atomic mass is 16.2. The van der Waals surface area contributed by atoms with Crippen molar-refractivity contribution in [2.24, 2.45) is 5.92 Å². The number of anilines is 1. The standard InChI is InChI=1S/C15H22N4O/c1-16-14-9-8-12(17-18-14)15(20)19-10-4-7-13(19)11-5-2-3-6-11/h8-9,11,13H,2-7,10H2,1H3,(H,16,18). The molecule has 5 heteroatoms. The summed E-state index contributed by atoms with van der Waals surface area (Å²) in [5.74, 6) is 1.44. The van der Waals surface area contributed by atoms with Gasteiger partial charge in [0.05, 0.1) is 0 Å². The normalized spacial score (nSPS) is 23.2. The van der Waals surface area contributed by atoms with Gasteiger partial charge in [-0.25, -0.2) is 0 Å². The summed E-state index contributed by atoms with van der Waals surface area (Å²) in [5.41, 5.74) is 0.467. The molecule has 1 aromatic heterocycles. The molecule has 0 bridgehead atoms. The third kappa shape index (κ3) is 2.49. The maximum Gasteiger partial charge on any atom is 0.274 e. The number of rotatable bonds is 3. The molecule has 0 spiro atoms. The Bertz CT molecular complexity index is 467. The maximum absolute atomic E-state index is 12.6. The van der Waals surface area contributed by atoms with Gasteiger partial charge in [0.2, 0.25) is 0 Å². The molecule has 0 aromatic carbocycles. The molecule has 3 rings (SSSR count). The number of nitrogens with zero attached hydrogens (tertiary/aromatic N) is 3. The molecule has 1 aliphatic carbocycles. The second kappa shape index (κ2) is 5.77. The Morgan fingerprint density at radius 1 is 1.20 bits per heavy atom. The van der Waals surface area contributed by atoms with E-state index in [1.165, 1.54) is 25.7 Å². The lowest BCUT2D eigenvalue weighted by Crippen LogP contribution is -2.39. The minimum absolute atomic E-state index is 0.0505. The third-order valence-corrected chi connectivity index (χ3v) is 4.64. The number of amides is 1. The molecular weight excluding hydrogens is 252 g/mol. The van der Waals surface area contributed by atoms with Gasteiger partial charge in [-0.1, -0.05) is 12.8 Å². The van der Waals surface area contributed by atoms with Crippen LogP contribution in [0.4, 0.5) is 5.82 Å². The van der Waals surface area contributed by atoms with Crippen molar-refractivity contribution in [2.45, 2.75) is 44.6 Å². The Balaban J connectivity index is 1.74. The number of nitrogens with one attached hydrogen (secondary N) is 1. The van der Waals surface area contributed by atoms with Crippen LogP contribution in [0.2, 0.25) is 0 Å². The fourth-order valence-corrected chi connectivity index (χ4v) is 3.60. The molecule has 0 radical (unpaired) electrons. The van der Waals surface area contributed by atoms with Crippen LogP contribution in [0.5, 0.6) is 0 Å². The lowest BCUT2D eigenvalue weighted by Gasteiger charge is -2.29. The predicted octanol–water partition coefficient (Wildman–Crippen LogP) is 2.31. The number of hydrogen-bond acceptors (Lipinski definition) is 4. The van der Waals surface area contributed by atoms with Crippen LogP contribution in [0.25, 0.3) is 0 Å². The minimum Gasteiger partial charge on any atom is -0.372 e. The third-order valence-electron chi connectivity index (χ3n) is 4.64. The van der Waals surface area contributed by atoms with Crippen LogP contribution in [0.3, 0.4) is 0 Å². The first-order chi connectivity index (χ1) is 9.79. The SMILES string of the molecule is CNc1ccc(C(=O)N2CCCC2C2CCCC2)nn1. The first-order valence-corrected chi connectivity index (χ1v) is 7.62. The Hall–Kier alpha value is -1.65. The van der Waals surface area contributed by atoms with Crippen LogP contribution in [-0.2, 0) is 0 Å². The van der Waals surface area contributed by atoms with Crippen molar-refractivity contribution in [1.29, 1.82) is 0 Å². The van der Waals surface area contributed by atoms with Gasteiger partial charge >= 0.3 is 0 Å². The van der Waals surface area contributed by atoms with Gasteiger partial charge < -0.3 is 10.2 Å². The van der Waals surface area contributed by atoms with Crippen LogP contribution in [-0.4, -0.2) is 40.6 Å². The molecule has 1 amide bonds. The summed E-state index contributed by atoms with van der Waals surface area (Å²) in [7, 11) is 1.79. The van der Waals surface area contributed by atoms with E-state index in [1.807, 2.05) is 4.90 Å². The summed E-state index contributed by atoms with van der Waals surface area (Å²) < 4.78 is 0. The second-order valence-corrected chi connectivity index (χ2v) is 5.81. The molecule has 5 nitrogen and oxygen atoms in total. The van der Waals surface area contributed by atoms with E-state index in [2.05, 4.69) is 15.5 Å². The summed E-state index contributed by atoms with van der Waals surface area (Å²) in [4.78, 5) is 14.7. The molecule has 1 N–H and O–H groups in total. The number of aromatic nitrogens is 2. The molecule has 1 unspecified atom stereocenters. The van der Waals surface area contributed by atoms with Crippen LogP contribution in [0, 0.1) is 5.92 Å². The molecule has 108 valence electrons. The summed E-state index contributed by atoms with van der Waals surface area (Å²) in [6.07, 6.45) is 7.46. The Labute approximate surface area is 119 Å². The van der Waals surface area contributed by atoms with E-state index in [4.69, 9.17) is 0 Å². The van der Waals surface area contributed by atoms with Crippen molar-refractivity contribution >= 4 is 11.7 Å². The van der Waals surface area contributed by atoms with Gasteiger partial charge in [0.1, 0.15) is 5.82 Å². The van der Waals surface area contributed by atoms with Gasteiger partial charge in [0, 0.05) is 19.6 Å². The number of hydrogen-bond donors (Lipinski definition) is 1. The molecule has 2 heterocycles. The molecule has 1 aromatic rings. The van der Waals surface area contributed by atoms with Gasteiger partial charge in [0.25, 0.3) is 5.91 Å². The van der Waals surface area contributed by atoms with E-state index in [0.717, 1.165) is 19.4 Å². The summed E-state index contributed by atoms with van der Waals surface area (Å²) >= 11 is 0. The Morgan fingerprint density at radius 3 is 2.65 bits per heavy atom. The summed E-state index contributed by atoms with van der Waals surface area (Å²) in [5, 5.41) is 11.0. The fraction of sp³-hybridized carbons (Fsp3) is 0.667. The highest BCUT2D eigenvalue weighted by Crippen LogP contribution is 2.35. The van der Waals surface area contributed by atoms with E-state index in [-0.39, 0.29) is 5.91 Å². The lowest BCUT2D eigenvalue weighted by atomic mass is 9.96. The molecule has 1 saturated heterocycles. The smallest absolute Gasteiger partial charge is 0.274 e. The van der Waals surface area contributed by atoms with Crippen LogP contribution < -0.4 is 5.32 Å². The van der Waals surface area contributed by atoms with E-state index >= 15 is 0 Å². The van der Waals surface area contributed by atoms with E-state index in [1.54, 1.807) is 19.2 Å².